The zero-order chi connectivity index (χ0) is 21.7. The van der Waals surface area contributed by atoms with Crippen LogP contribution >= 0.6 is 0 Å². The maximum atomic E-state index is 13.2. The van der Waals surface area contributed by atoms with Crippen molar-refractivity contribution in [2.45, 2.75) is 4.90 Å². The van der Waals surface area contributed by atoms with Crippen LogP contribution in [-0.4, -0.2) is 36.9 Å². The summed E-state index contributed by atoms with van der Waals surface area (Å²) in [4.78, 5) is 0.120. The van der Waals surface area contributed by atoms with Crippen molar-refractivity contribution in [1.29, 1.82) is 0 Å². The van der Waals surface area contributed by atoms with E-state index in [1.54, 1.807) is 67.8 Å². The number of nitrogens with one attached hydrogen (secondary N) is 1. The first kappa shape index (κ1) is 21.3. The first-order valence-corrected chi connectivity index (χ1v) is 10.5. The van der Waals surface area contributed by atoms with Gasteiger partial charge in [-0.3, -0.25) is 4.72 Å². The molecule has 0 radical (unpaired) electrons. The number of benzene rings is 3. The van der Waals surface area contributed by atoms with Gasteiger partial charge < -0.3 is 18.9 Å². The molecule has 0 aliphatic carbocycles. The van der Waals surface area contributed by atoms with Gasteiger partial charge in [-0.1, -0.05) is 18.2 Å². The summed E-state index contributed by atoms with van der Waals surface area (Å²) in [6.45, 7) is 0. The van der Waals surface area contributed by atoms with Crippen LogP contribution in [0.2, 0.25) is 0 Å². The van der Waals surface area contributed by atoms with Crippen molar-refractivity contribution < 1.29 is 27.4 Å². The Balaban J connectivity index is 2.07. The highest BCUT2D eigenvalue weighted by Crippen LogP contribution is 2.42. The number of methoxy groups -OCH3 is 4. The lowest BCUT2D eigenvalue weighted by molar-refractivity contribution is 0.324. The molecular weight excluding hydrogens is 406 g/mol. The molecule has 3 aromatic rings. The molecule has 0 aliphatic rings. The molecule has 0 saturated carbocycles. The maximum Gasteiger partial charge on any atom is 0.262 e. The molecule has 0 bridgehead atoms. The van der Waals surface area contributed by atoms with E-state index in [4.69, 9.17) is 18.9 Å². The first-order chi connectivity index (χ1) is 14.4. The summed E-state index contributed by atoms with van der Waals surface area (Å²) in [5.74, 6) is 1.93. The van der Waals surface area contributed by atoms with E-state index in [9.17, 15) is 8.42 Å². The van der Waals surface area contributed by atoms with Crippen molar-refractivity contribution in [3.05, 3.63) is 60.7 Å². The lowest BCUT2D eigenvalue weighted by Gasteiger charge is -2.16. The Labute approximate surface area is 176 Å². The molecule has 0 amide bonds. The van der Waals surface area contributed by atoms with Gasteiger partial charge in [0.25, 0.3) is 10.0 Å². The topological polar surface area (TPSA) is 83.1 Å². The van der Waals surface area contributed by atoms with Gasteiger partial charge in [0.2, 0.25) is 5.75 Å². The average Bonchev–Trinajstić information content (AvgIpc) is 2.78. The molecule has 0 unspecified atom stereocenters. The van der Waals surface area contributed by atoms with Crippen LogP contribution in [0.1, 0.15) is 0 Å². The van der Waals surface area contributed by atoms with Crippen molar-refractivity contribution in [2.24, 2.45) is 0 Å². The zero-order valence-corrected chi connectivity index (χ0v) is 17.9. The Morgan fingerprint density at radius 2 is 1.33 bits per heavy atom. The molecule has 0 aliphatic heterocycles. The van der Waals surface area contributed by atoms with Crippen LogP contribution in [0, 0.1) is 0 Å². The van der Waals surface area contributed by atoms with E-state index < -0.39 is 10.0 Å². The van der Waals surface area contributed by atoms with Gasteiger partial charge in [-0.2, -0.15) is 0 Å². The standard InChI is InChI=1S/C22H23NO6S/c1-26-17-11-9-16(10-12-17)23-30(24,25)21-8-6-5-7-18(21)15-13-19(27-2)22(29-4)20(14-15)28-3/h5-14,23H,1-4H3. The number of rotatable bonds is 8. The van der Waals surface area contributed by atoms with E-state index in [1.807, 2.05) is 0 Å². The summed E-state index contributed by atoms with van der Waals surface area (Å²) in [5, 5.41) is 0. The van der Waals surface area contributed by atoms with Crippen molar-refractivity contribution in [3.63, 3.8) is 0 Å². The largest absolute Gasteiger partial charge is 0.497 e. The Morgan fingerprint density at radius 1 is 0.733 bits per heavy atom. The Morgan fingerprint density at radius 3 is 1.87 bits per heavy atom. The second kappa shape index (κ2) is 8.96. The minimum absolute atomic E-state index is 0.120. The minimum Gasteiger partial charge on any atom is -0.497 e. The second-order valence-corrected chi connectivity index (χ2v) is 7.89. The van der Waals surface area contributed by atoms with Gasteiger partial charge in [-0.25, -0.2) is 8.42 Å². The Kier molecular flexibility index (Phi) is 6.37. The second-order valence-electron chi connectivity index (χ2n) is 6.24. The molecule has 0 saturated heterocycles. The smallest absolute Gasteiger partial charge is 0.262 e. The minimum atomic E-state index is -3.87. The third-order valence-electron chi connectivity index (χ3n) is 4.49. The maximum absolute atomic E-state index is 13.2. The van der Waals surface area contributed by atoms with Crippen molar-refractivity contribution >= 4 is 15.7 Å². The Hall–Kier alpha value is -3.39. The highest BCUT2D eigenvalue weighted by molar-refractivity contribution is 7.92. The van der Waals surface area contributed by atoms with Crippen molar-refractivity contribution in [2.75, 3.05) is 33.2 Å². The zero-order valence-electron chi connectivity index (χ0n) is 17.1. The molecule has 1 N–H and O–H groups in total. The summed E-state index contributed by atoms with van der Waals surface area (Å²) in [6.07, 6.45) is 0. The predicted molar refractivity (Wildman–Crippen MR) is 115 cm³/mol. The van der Waals surface area contributed by atoms with Gasteiger partial charge in [0.05, 0.1) is 33.3 Å². The normalized spacial score (nSPS) is 10.9. The van der Waals surface area contributed by atoms with Crippen molar-refractivity contribution in [1.82, 2.24) is 0 Å². The van der Waals surface area contributed by atoms with E-state index in [0.717, 1.165) is 0 Å². The molecule has 0 fully saturated rings. The van der Waals surface area contributed by atoms with Gasteiger partial charge in [-0.15, -0.1) is 0 Å². The lowest BCUT2D eigenvalue weighted by atomic mass is 10.0. The van der Waals surface area contributed by atoms with Gasteiger partial charge in [0.15, 0.2) is 11.5 Å². The summed E-state index contributed by atoms with van der Waals surface area (Å²) >= 11 is 0. The first-order valence-electron chi connectivity index (χ1n) is 8.99. The predicted octanol–water partition coefficient (Wildman–Crippen LogP) is 4.19. The quantitative estimate of drug-likeness (QED) is 0.578. The number of hydrogen-bond acceptors (Lipinski definition) is 6. The van der Waals surface area contributed by atoms with Crippen LogP contribution in [0.3, 0.4) is 0 Å². The van der Waals surface area contributed by atoms with E-state index in [1.165, 1.54) is 21.3 Å². The highest BCUT2D eigenvalue weighted by atomic mass is 32.2. The molecule has 0 heterocycles. The third-order valence-corrected chi connectivity index (χ3v) is 5.93. The molecule has 30 heavy (non-hydrogen) atoms. The average molecular weight is 429 g/mol. The van der Waals surface area contributed by atoms with E-state index in [-0.39, 0.29) is 4.90 Å². The van der Waals surface area contributed by atoms with E-state index in [2.05, 4.69) is 4.72 Å². The number of hydrogen-bond donors (Lipinski definition) is 1. The SMILES string of the molecule is COc1ccc(NS(=O)(=O)c2ccccc2-c2cc(OC)c(OC)c(OC)c2)cc1. The van der Waals surface area contributed by atoms with Gasteiger partial charge in [-0.05, 0) is 48.0 Å². The molecule has 158 valence electrons. The molecule has 3 rings (SSSR count). The van der Waals surface area contributed by atoms with Gasteiger partial charge >= 0.3 is 0 Å². The van der Waals surface area contributed by atoms with Crippen molar-refractivity contribution in [3.8, 4) is 34.1 Å². The van der Waals surface area contributed by atoms with Crippen LogP contribution in [-0.2, 0) is 10.0 Å². The molecule has 0 spiro atoms. The summed E-state index contributed by atoms with van der Waals surface area (Å²) in [7, 11) is 2.21. The molecule has 0 aromatic heterocycles. The molecule has 8 heteroatoms. The summed E-state index contributed by atoms with van der Waals surface area (Å²) in [6, 6.07) is 16.8. The Bertz CT molecular complexity index is 1100. The molecule has 0 atom stereocenters. The fourth-order valence-corrected chi connectivity index (χ4v) is 4.33. The monoisotopic (exact) mass is 429 g/mol. The number of ether oxygens (including phenoxy) is 4. The highest BCUT2D eigenvalue weighted by Gasteiger charge is 2.22. The molecule has 3 aromatic carbocycles. The lowest BCUT2D eigenvalue weighted by Crippen LogP contribution is -2.14. The van der Waals surface area contributed by atoms with Crippen LogP contribution in [0.4, 0.5) is 5.69 Å². The van der Waals surface area contributed by atoms with Crippen LogP contribution < -0.4 is 23.7 Å². The number of sulfonamides is 1. The van der Waals surface area contributed by atoms with Gasteiger partial charge in [0.1, 0.15) is 5.75 Å². The van der Waals surface area contributed by atoms with Gasteiger partial charge in [0, 0.05) is 11.3 Å². The van der Waals surface area contributed by atoms with Crippen LogP contribution in [0.15, 0.2) is 65.6 Å². The van der Waals surface area contributed by atoms with Crippen LogP contribution in [0.25, 0.3) is 11.1 Å². The summed E-state index contributed by atoms with van der Waals surface area (Å²) < 4.78 is 50.2. The number of anilines is 1. The summed E-state index contributed by atoms with van der Waals surface area (Å²) in [5.41, 5.74) is 1.54. The fourth-order valence-electron chi connectivity index (χ4n) is 3.05. The van der Waals surface area contributed by atoms with E-state index >= 15 is 0 Å². The van der Waals surface area contributed by atoms with Crippen LogP contribution in [0.5, 0.6) is 23.0 Å². The fraction of sp³-hybridized carbons (Fsp3) is 0.182. The molecular formula is C22H23NO6S. The molecule has 7 nitrogen and oxygen atoms in total. The van der Waals surface area contributed by atoms with E-state index in [0.29, 0.717) is 39.8 Å². The third kappa shape index (κ3) is 4.28.